The number of aliphatic hydroxyl groups is 1. The van der Waals surface area contributed by atoms with Gasteiger partial charge in [0.25, 0.3) is 0 Å². The fourth-order valence-corrected chi connectivity index (χ4v) is 2.91. The molecule has 0 bridgehead atoms. The monoisotopic (exact) mass is 358 g/mol. The van der Waals surface area contributed by atoms with E-state index in [1.165, 1.54) is 17.0 Å². The van der Waals surface area contributed by atoms with Crippen LogP contribution in [0.1, 0.15) is 45.1 Å². The third-order valence-corrected chi connectivity index (χ3v) is 4.61. The number of anilines is 1. The number of benzene rings is 1. The highest BCUT2D eigenvalue weighted by Crippen LogP contribution is 2.31. The topological polar surface area (TPSA) is 52.6 Å². The first-order valence-corrected chi connectivity index (χ1v) is 8.55. The Hall–Kier alpha value is -1.76. The van der Waals surface area contributed by atoms with Gasteiger partial charge in [-0.3, -0.25) is 0 Å². The average Bonchev–Trinajstić information content (AvgIpc) is 2.53. The van der Waals surface area contributed by atoms with Gasteiger partial charge in [-0.15, -0.1) is 0 Å². The van der Waals surface area contributed by atoms with Gasteiger partial charge in [0.15, 0.2) is 0 Å². The highest BCUT2D eigenvalue weighted by molar-refractivity contribution is 5.89. The van der Waals surface area contributed by atoms with Crippen LogP contribution in [0.5, 0.6) is 0 Å². The van der Waals surface area contributed by atoms with Crippen LogP contribution in [-0.4, -0.2) is 34.7 Å². The minimum absolute atomic E-state index is 0.112. The van der Waals surface area contributed by atoms with Crippen LogP contribution in [0.15, 0.2) is 24.3 Å². The Morgan fingerprint density at radius 3 is 2.52 bits per heavy atom. The van der Waals surface area contributed by atoms with E-state index in [1.54, 1.807) is 0 Å². The van der Waals surface area contributed by atoms with Crippen LogP contribution >= 0.6 is 0 Å². The average molecular weight is 358 g/mol. The minimum atomic E-state index is -4.45. The number of likely N-dealkylation sites (tertiary alicyclic amines) is 1. The number of carbonyl (C=O) groups excluding carboxylic acids is 1. The van der Waals surface area contributed by atoms with Gasteiger partial charge in [-0.2, -0.15) is 13.2 Å². The third-order valence-electron chi connectivity index (χ3n) is 4.61. The zero-order valence-corrected chi connectivity index (χ0v) is 14.6. The Balaban J connectivity index is 1.91. The maximum absolute atomic E-state index is 12.7. The molecule has 7 heteroatoms. The van der Waals surface area contributed by atoms with E-state index in [-0.39, 0.29) is 5.69 Å². The van der Waals surface area contributed by atoms with Gasteiger partial charge in [-0.25, -0.2) is 4.79 Å². The fraction of sp³-hybridized carbons (Fsp3) is 0.611. The first kappa shape index (κ1) is 19.6. The van der Waals surface area contributed by atoms with E-state index in [0.717, 1.165) is 18.6 Å². The zero-order chi connectivity index (χ0) is 18.7. The molecule has 0 unspecified atom stereocenters. The van der Waals surface area contributed by atoms with Crippen LogP contribution in [-0.2, 0) is 6.18 Å². The molecule has 0 aromatic heterocycles. The number of hydrogen-bond donors (Lipinski definition) is 2. The summed E-state index contributed by atoms with van der Waals surface area (Å²) in [6.07, 6.45) is -1.86. The summed E-state index contributed by atoms with van der Waals surface area (Å²) in [6, 6.07) is 4.13. The molecular weight excluding hydrogens is 333 g/mol. The summed E-state index contributed by atoms with van der Waals surface area (Å²) in [5, 5.41) is 13.1. The predicted octanol–water partition coefficient (Wildman–Crippen LogP) is 4.50. The van der Waals surface area contributed by atoms with Crippen molar-refractivity contribution >= 4 is 11.7 Å². The van der Waals surface area contributed by atoms with Gasteiger partial charge < -0.3 is 15.3 Å². The lowest BCUT2D eigenvalue weighted by molar-refractivity contribution is -0.137. The molecule has 0 spiro atoms. The number of amides is 2. The Morgan fingerprint density at radius 2 is 1.96 bits per heavy atom. The van der Waals surface area contributed by atoms with Gasteiger partial charge in [0, 0.05) is 18.8 Å². The molecule has 2 N–H and O–H groups in total. The molecule has 25 heavy (non-hydrogen) atoms. The smallest absolute Gasteiger partial charge is 0.390 e. The fourth-order valence-electron chi connectivity index (χ4n) is 2.91. The van der Waals surface area contributed by atoms with Gasteiger partial charge in [0.2, 0.25) is 0 Å². The number of rotatable bonds is 4. The summed E-state index contributed by atoms with van der Waals surface area (Å²) in [5.74, 6) is 0.506. The highest BCUT2D eigenvalue weighted by atomic mass is 19.4. The molecule has 1 aliphatic heterocycles. The normalized spacial score (nSPS) is 17.6. The van der Waals surface area contributed by atoms with Crippen LogP contribution in [0.3, 0.4) is 0 Å². The second-order valence-corrected chi connectivity index (χ2v) is 7.15. The number of hydrogen-bond acceptors (Lipinski definition) is 2. The van der Waals surface area contributed by atoms with Crippen LogP contribution in [0.2, 0.25) is 0 Å². The number of urea groups is 1. The largest absolute Gasteiger partial charge is 0.416 e. The number of nitrogens with zero attached hydrogens (tertiary/aromatic N) is 1. The van der Waals surface area contributed by atoms with Crippen molar-refractivity contribution in [2.75, 3.05) is 18.4 Å². The van der Waals surface area contributed by atoms with Crippen molar-refractivity contribution in [3.63, 3.8) is 0 Å². The van der Waals surface area contributed by atoms with E-state index in [2.05, 4.69) is 19.2 Å². The van der Waals surface area contributed by atoms with Crippen LogP contribution in [0, 0.1) is 5.92 Å². The maximum Gasteiger partial charge on any atom is 0.416 e. The Labute approximate surface area is 146 Å². The summed E-state index contributed by atoms with van der Waals surface area (Å²) in [5.41, 5.74) is -1.44. The van der Waals surface area contributed by atoms with Crippen molar-refractivity contribution in [3.8, 4) is 0 Å². The zero-order valence-electron chi connectivity index (χ0n) is 14.6. The number of halogens is 3. The van der Waals surface area contributed by atoms with Crippen molar-refractivity contribution in [3.05, 3.63) is 29.8 Å². The van der Waals surface area contributed by atoms with Crippen LogP contribution in [0.25, 0.3) is 0 Å². The molecule has 1 aromatic rings. The third kappa shape index (κ3) is 5.63. The highest BCUT2D eigenvalue weighted by Gasteiger charge is 2.34. The lowest BCUT2D eigenvalue weighted by atomic mass is 9.85. The minimum Gasteiger partial charge on any atom is -0.390 e. The summed E-state index contributed by atoms with van der Waals surface area (Å²) in [6.45, 7) is 4.97. The Bertz CT molecular complexity index is 594. The van der Waals surface area contributed by atoms with Crippen molar-refractivity contribution in [1.29, 1.82) is 0 Å². The molecule has 1 heterocycles. The molecular formula is C18H25F3N2O2. The number of carbonyl (C=O) groups is 1. The first-order valence-electron chi connectivity index (χ1n) is 8.55. The Kier molecular flexibility index (Phi) is 5.98. The second kappa shape index (κ2) is 7.64. The molecule has 0 radical (unpaired) electrons. The molecule has 2 amide bonds. The quantitative estimate of drug-likeness (QED) is 0.833. The second-order valence-electron chi connectivity index (χ2n) is 7.15. The molecule has 1 aliphatic rings. The molecule has 1 fully saturated rings. The molecule has 2 rings (SSSR count). The summed E-state index contributed by atoms with van der Waals surface area (Å²) < 4.78 is 38.2. The van der Waals surface area contributed by atoms with Gasteiger partial charge >= 0.3 is 12.2 Å². The SMILES string of the molecule is CC(C)CCC1(O)CCN(C(=O)Nc2cccc(C(F)(F)F)c2)CC1. The van der Waals surface area contributed by atoms with Crippen LogP contribution in [0.4, 0.5) is 23.7 Å². The summed E-state index contributed by atoms with van der Waals surface area (Å²) in [7, 11) is 0. The van der Waals surface area contributed by atoms with E-state index in [9.17, 15) is 23.1 Å². The number of nitrogens with one attached hydrogen (secondary N) is 1. The molecule has 0 saturated carbocycles. The number of piperidine rings is 1. The van der Waals surface area contributed by atoms with Crippen molar-refractivity contribution in [2.45, 2.75) is 51.3 Å². The summed E-state index contributed by atoms with van der Waals surface area (Å²) in [4.78, 5) is 13.8. The van der Waals surface area contributed by atoms with E-state index in [0.29, 0.717) is 38.3 Å². The first-order chi connectivity index (χ1) is 11.6. The van der Waals surface area contributed by atoms with Gasteiger partial charge in [-0.1, -0.05) is 19.9 Å². The van der Waals surface area contributed by atoms with Crippen molar-refractivity contribution in [2.24, 2.45) is 5.92 Å². The van der Waals surface area contributed by atoms with E-state index < -0.39 is 23.4 Å². The summed E-state index contributed by atoms with van der Waals surface area (Å²) >= 11 is 0. The molecule has 1 aromatic carbocycles. The maximum atomic E-state index is 12.7. The van der Waals surface area contributed by atoms with E-state index >= 15 is 0 Å². The molecule has 4 nitrogen and oxygen atoms in total. The van der Waals surface area contributed by atoms with Crippen molar-refractivity contribution < 1.29 is 23.1 Å². The van der Waals surface area contributed by atoms with Gasteiger partial charge in [0.05, 0.1) is 11.2 Å². The van der Waals surface area contributed by atoms with E-state index in [1.807, 2.05) is 0 Å². The Morgan fingerprint density at radius 1 is 1.32 bits per heavy atom. The number of alkyl halides is 3. The molecule has 0 atom stereocenters. The standard InChI is InChI=1S/C18H25F3N2O2/c1-13(2)6-7-17(25)8-10-23(11-9-17)16(24)22-15-5-3-4-14(12-15)18(19,20)21/h3-5,12-13,25H,6-11H2,1-2H3,(H,22,24). The molecule has 1 saturated heterocycles. The lowest BCUT2D eigenvalue weighted by Crippen LogP contribution is -2.48. The molecule has 140 valence electrons. The van der Waals surface area contributed by atoms with Gasteiger partial charge in [-0.05, 0) is 49.8 Å². The predicted molar refractivity (Wildman–Crippen MR) is 90.3 cm³/mol. The lowest BCUT2D eigenvalue weighted by Gasteiger charge is -2.38. The van der Waals surface area contributed by atoms with E-state index in [4.69, 9.17) is 0 Å². The van der Waals surface area contributed by atoms with Crippen molar-refractivity contribution in [1.82, 2.24) is 4.90 Å². The molecule has 0 aliphatic carbocycles. The van der Waals surface area contributed by atoms with Crippen LogP contribution < -0.4 is 5.32 Å². The van der Waals surface area contributed by atoms with Gasteiger partial charge in [0.1, 0.15) is 0 Å².